The average molecular weight is 587 g/mol. The summed E-state index contributed by atoms with van der Waals surface area (Å²) in [4.78, 5) is 16.1. The minimum atomic E-state index is -4.08. The van der Waals surface area contributed by atoms with Gasteiger partial charge in [0.05, 0.1) is 16.7 Å². The smallest absolute Gasteiger partial charge is 0.278 e. The minimum Gasteiger partial charge on any atom is -0.278 e. The molecule has 41 heavy (non-hydrogen) atoms. The Balaban J connectivity index is 1.49. The summed E-state index contributed by atoms with van der Waals surface area (Å²) in [5.74, 6) is -1.21. The lowest BCUT2D eigenvalue weighted by atomic mass is 9.87. The monoisotopic (exact) mass is 586 g/mol. The van der Waals surface area contributed by atoms with Crippen LogP contribution >= 0.6 is 11.6 Å². The van der Waals surface area contributed by atoms with E-state index in [9.17, 15) is 17.6 Å². The van der Waals surface area contributed by atoms with E-state index in [-0.39, 0.29) is 5.03 Å². The number of halogens is 2. The van der Waals surface area contributed by atoms with E-state index in [2.05, 4.69) is 15.2 Å². The Morgan fingerprint density at radius 2 is 1.80 bits per heavy atom. The van der Waals surface area contributed by atoms with Gasteiger partial charge in [-0.05, 0) is 82.3 Å². The van der Waals surface area contributed by atoms with Gasteiger partial charge in [-0.2, -0.15) is 13.5 Å². The largest absolute Gasteiger partial charge is 0.281 e. The molecular formula is C31H24ClFN4O3S. The highest BCUT2D eigenvalue weighted by Gasteiger charge is 2.18. The van der Waals surface area contributed by atoms with Crippen molar-refractivity contribution >= 4 is 55.7 Å². The van der Waals surface area contributed by atoms with Gasteiger partial charge >= 0.3 is 0 Å². The van der Waals surface area contributed by atoms with E-state index in [1.54, 1.807) is 18.3 Å². The Kier molecular flexibility index (Phi) is 8.09. The fourth-order valence-electron chi connectivity index (χ4n) is 4.51. The lowest BCUT2D eigenvalue weighted by molar-refractivity contribution is -0.114. The van der Waals surface area contributed by atoms with E-state index in [0.717, 1.165) is 44.8 Å². The number of aromatic amines is 1. The number of benzene rings is 3. The zero-order valence-corrected chi connectivity index (χ0v) is 23.4. The van der Waals surface area contributed by atoms with Crippen molar-refractivity contribution in [1.29, 1.82) is 0 Å². The van der Waals surface area contributed by atoms with Crippen molar-refractivity contribution < 1.29 is 17.6 Å². The molecule has 2 heterocycles. The van der Waals surface area contributed by atoms with Gasteiger partial charge in [0, 0.05) is 17.7 Å². The summed E-state index contributed by atoms with van der Waals surface area (Å²) in [6, 6.07) is 22.2. The molecule has 0 unspecified atom stereocenters. The Morgan fingerprint density at radius 3 is 2.51 bits per heavy atom. The summed E-state index contributed by atoms with van der Waals surface area (Å²) in [5.41, 5.74) is 5.96. The summed E-state index contributed by atoms with van der Waals surface area (Å²) in [6.45, 7) is 2.01. The van der Waals surface area contributed by atoms with Crippen LogP contribution < -0.4 is 4.72 Å². The average Bonchev–Trinajstić information content (AvgIpc) is 3.44. The number of amides is 1. The SMILES string of the molecule is CCC(=C(c1ccc(C=CC(=O)NS(=O)(=O)c2ccccn2)cc1)c1ccc2[nH]ncc2c1)c1ccc(F)cc1Cl. The molecule has 0 aliphatic carbocycles. The van der Waals surface area contributed by atoms with Gasteiger partial charge in [-0.25, -0.2) is 14.1 Å². The summed E-state index contributed by atoms with van der Waals surface area (Å²) >= 11 is 6.50. The van der Waals surface area contributed by atoms with Crippen molar-refractivity contribution in [3.63, 3.8) is 0 Å². The third-order valence-electron chi connectivity index (χ3n) is 6.42. The zero-order valence-electron chi connectivity index (χ0n) is 21.8. The maximum Gasteiger partial charge on any atom is 0.281 e. The molecule has 0 saturated heterocycles. The van der Waals surface area contributed by atoms with E-state index in [0.29, 0.717) is 17.0 Å². The fourth-order valence-corrected chi connectivity index (χ4v) is 5.68. The van der Waals surface area contributed by atoms with Crippen LogP contribution in [0.2, 0.25) is 5.02 Å². The molecule has 5 aromatic rings. The van der Waals surface area contributed by atoms with Gasteiger partial charge in [0.1, 0.15) is 5.82 Å². The molecule has 7 nitrogen and oxygen atoms in total. The predicted molar refractivity (Wildman–Crippen MR) is 159 cm³/mol. The molecular weight excluding hydrogens is 563 g/mol. The number of fused-ring (bicyclic) bond motifs is 1. The number of aromatic nitrogens is 3. The second kappa shape index (κ2) is 11.9. The van der Waals surface area contributed by atoms with Crippen molar-refractivity contribution in [3.05, 3.63) is 130 Å². The maximum absolute atomic E-state index is 13.9. The lowest BCUT2D eigenvalue weighted by Crippen LogP contribution is -2.29. The zero-order chi connectivity index (χ0) is 29.0. The molecule has 0 saturated carbocycles. The van der Waals surface area contributed by atoms with Gasteiger partial charge in [0.25, 0.3) is 15.9 Å². The fraction of sp³-hybridized carbons (Fsp3) is 0.0645. The summed E-state index contributed by atoms with van der Waals surface area (Å²) in [5, 5.41) is 8.09. The second-order valence-corrected chi connectivity index (χ2v) is 11.1. The third kappa shape index (κ3) is 6.26. The number of carbonyl (C=O) groups is 1. The highest BCUT2D eigenvalue weighted by molar-refractivity contribution is 7.90. The van der Waals surface area contributed by atoms with Gasteiger partial charge in [0.2, 0.25) is 0 Å². The Bertz CT molecular complexity index is 1900. The van der Waals surface area contributed by atoms with Gasteiger partial charge in [-0.3, -0.25) is 9.89 Å². The van der Waals surface area contributed by atoms with Crippen molar-refractivity contribution in [2.45, 2.75) is 18.4 Å². The van der Waals surface area contributed by atoms with Crippen LogP contribution in [0.1, 0.15) is 35.6 Å². The topological polar surface area (TPSA) is 105 Å². The number of pyridine rings is 1. The molecule has 0 spiro atoms. The number of hydrogen-bond acceptors (Lipinski definition) is 5. The summed E-state index contributed by atoms with van der Waals surface area (Å²) in [6.07, 6.45) is 6.37. The molecule has 206 valence electrons. The minimum absolute atomic E-state index is 0.244. The van der Waals surface area contributed by atoms with Gasteiger partial charge in [-0.15, -0.1) is 0 Å². The molecule has 0 aliphatic heterocycles. The molecule has 0 atom stereocenters. The van der Waals surface area contributed by atoms with Crippen molar-refractivity contribution in [1.82, 2.24) is 19.9 Å². The third-order valence-corrected chi connectivity index (χ3v) is 7.99. The standard InChI is InChI=1S/C31H24ClFN4O3S/c1-2-25(26-13-12-24(33)18-27(26)32)31(22-11-14-28-23(17-22)19-35-36-28)21-9-6-20(7-10-21)8-15-29(38)37-41(39,40)30-5-3-4-16-34-30/h3-19H,2H2,1H3,(H,35,36)(H,37,38). The summed E-state index contributed by atoms with van der Waals surface area (Å²) in [7, 11) is -4.08. The lowest BCUT2D eigenvalue weighted by Gasteiger charge is -2.18. The first-order valence-corrected chi connectivity index (χ1v) is 14.5. The molecule has 10 heteroatoms. The van der Waals surface area contributed by atoms with Crippen molar-refractivity contribution in [2.75, 3.05) is 0 Å². The maximum atomic E-state index is 13.9. The van der Waals surface area contributed by atoms with Crippen LogP contribution in [-0.4, -0.2) is 29.5 Å². The molecule has 5 rings (SSSR count). The van der Waals surface area contributed by atoms with Gasteiger partial charge < -0.3 is 0 Å². The van der Waals surface area contributed by atoms with Gasteiger partial charge in [-0.1, -0.05) is 61.0 Å². The van der Waals surface area contributed by atoms with E-state index in [1.165, 1.54) is 36.5 Å². The Hall–Kier alpha value is -4.60. The van der Waals surface area contributed by atoms with Crippen molar-refractivity contribution in [3.8, 4) is 0 Å². The number of nitrogens with zero attached hydrogens (tertiary/aromatic N) is 2. The number of allylic oxidation sites excluding steroid dienone is 1. The van der Waals surface area contributed by atoms with Crippen molar-refractivity contribution in [2.24, 2.45) is 0 Å². The molecule has 3 aromatic carbocycles. The molecule has 1 amide bonds. The summed E-state index contributed by atoms with van der Waals surface area (Å²) < 4.78 is 40.6. The molecule has 0 fully saturated rings. The number of nitrogens with one attached hydrogen (secondary N) is 2. The molecule has 0 radical (unpaired) electrons. The van der Waals surface area contributed by atoms with E-state index >= 15 is 0 Å². The number of H-pyrrole nitrogens is 1. The number of sulfonamides is 1. The number of carbonyl (C=O) groups excluding carboxylic acids is 1. The Labute approximate surface area is 241 Å². The quantitative estimate of drug-likeness (QED) is 0.157. The van der Waals surface area contributed by atoms with Gasteiger partial charge in [0.15, 0.2) is 5.03 Å². The van der Waals surface area contributed by atoms with E-state index in [4.69, 9.17) is 11.6 Å². The highest BCUT2D eigenvalue weighted by atomic mass is 35.5. The Morgan fingerprint density at radius 1 is 1.02 bits per heavy atom. The highest BCUT2D eigenvalue weighted by Crippen LogP contribution is 2.38. The van der Waals surface area contributed by atoms with Crippen LogP contribution in [0, 0.1) is 5.82 Å². The number of rotatable bonds is 8. The van der Waals surface area contributed by atoms with Crippen LogP contribution in [-0.2, 0) is 14.8 Å². The number of hydrogen-bond donors (Lipinski definition) is 2. The molecule has 2 aromatic heterocycles. The first-order chi connectivity index (χ1) is 19.7. The van der Waals surface area contributed by atoms with Crippen LogP contribution in [0.3, 0.4) is 0 Å². The normalized spacial score (nSPS) is 12.5. The van der Waals surface area contributed by atoms with Crippen LogP contribution in [0.15, 0.2) is 102 Å². The first-order valence-electron chi connectivity index (χ1n) is 12.6. The molecule has 2 N–H and O–H groups in total. The van der Waals surface area contributed by atoms with Crippen LogP contribution in [0.4, 0.5) is 4.39 Å². The second-order valence-electron chi connectivity index (χ2n) is 9.10. The van der Waals surface area contributed by atoms with Crippen LogP contribution in [0.25, 0.3) is 28.1 Å². The molecule has 0 bridgehead atoms. The first kappa shape index (κ1) is 27.9. The van der Waals surface area contributed by atoms with E-state index in [1.807, 2.05) is 54.1 Å². The van der Waals surface area contributed by atoms with Crippen LogP contribution in [0.5, 0.6) is 0 Å². The molecule has 0 aliphatic rings. The van der Waals surface area contributed by atoms with E-state index < -0.39 is 21.7 Å². The predicted octanol–water partition coefficient (Wildman–Crippen LogP) is 6.64.